The lowest BCUT2D eigenvalue weighted by Crippen LogP contribution is -2.48. The first kappa shape index (κ1) is 16.6. The minimum absolute atomic E-state index is 0.157. The van der Waals surface area contributed by atoms with Crippen molar-refractivity contribution < 1.29 is 4.74 Å². The van der Waals surface area contributed by atoms with E-state index in [1.807, 2.05) is 0 Å². The van der Waals surface area contributed by atoms with Crippen LogP contribution in [0.5, 0.6) is 5.75 Å². The summed E-state index contributed by atoms with van der Waals surface area (Å²) in [4.78, 5) is 0. The molecule has 0 radical (unpaired) electrons. The monoisotopic (exact) mass is 342 g/mol. The second kappa shape index (κ2) is 5.83. The number of hydrogen-bond acceptors (Lipinski definition) is 2. The SMILES string of the molecule is C=CC[C@]1(S)CC[C@H]2[C@@H]3CCc4cc(OC)ccc4[C@H]3CC[C@@]21C. The molecule has 3 aliphatic rings. The molecule has 0 saturated heterocycles. The number of aryl methyl sites for hydroxylation is 1. The summed E-state index contributed by atoms with van der Waals surface area (Å²) in [5, 5.41) is 0. The highest BCUT2D eigenvalue weighted by Crippen LogP contribution is 2.66. The summed E-state index contributed by atoms with van der Waals surface area (Å²) in [5.74, 6) is 3.42. The summed E-state index contributed by atoms with van der Waals surface area (Å²) in [6, 6.07) is 6.78. The molecule has 0 amide bonds. The third-order valence-electron chi connectivity index (χ3n) is 7.74. The number of benzene rings is 1. The second-order valence-electron chi connectivity index (χ2n) is 8.50. The molecule has 0 heterocycles. The molecule has 0 unspecified atom stereocenters. The van der Waals surface area contributed by atoms with Crippen LogP contribution in [0.3, 0.4) is 0 Å². The maximum Gasteiger partial charge on any atom is 0.119 e. The zero-order valence-corrected chi connectivity index (χ0v) is 15.9. The van der Waals surface area contributed by atoms with Gasteiger partial charge < -0.3 is 4.74 Å². The molecule has 0 spiro atoms. The molecule has 1 nitrogen and oxygen atoms in total. The molecule has 1 aromatic rings. The Bertz CT molecular complexity index is 653. The van der Waals surface area contributed by atoms with Crippen molar-refractivity contribution in [1.29, 1.82) is 0 Å². The Balaban J connectivity index is 1.66. The molecule has 2 saturated carbocycles. The molecular formula is C22H30OS. The van der Waals surface area contributed by atoms with Gasteiger partial charge in [-0.1, -0.05) is 19.1 Å². The molecule has 0 N–H and O–H groups in total. The third kappa shape index (κ3) is 2.21. The van der Waals surface area contributed by atoms with Gasteiger partial charge in [-0.2, -0.15) is 12.6 Å². The number of ether oxygens (including phenoxy) is 1. The summed E-state index contributed by atoms with van der Waals surface area (Å²) >= 11 is 5.22. The average molecular weight is 343 g/mol. The summed E-state index contributed by atoms with van der Waals surface area (Å²) in [6.07, 6.45) is 10.9. The molecule has 0 aromatic heterocycles. The van der Waals surface area contributed by atoms with E-state index in [-0.39, 0.29) is 4.75 Å². The van der Waals surface area contributed by atoms with Gasteiger partial charge in [-0.3, -0.25) is 0 Å². The number of hydrogen-bond donors (Lipinski definition) is 1. The Labute approximate surface area is 152 Å². The lowest BCUT2D eigenvalue weighted by Gasteiger charge is -2.53. The van der Waals surface area contributed by atoms with Crippen molar-refractivity contribution in [2.24, 2.45) is 17.3 Å². The molecule has 24 heavy (non-hydrogen) atoms. The highest BCUT2D eigenvalue weighted by molar-refractivity contribution is 7.81. The summed E-state index contributed by atoms with van der Waals surface area (Å²) in [6.45, 7) is 6.53. The first-order valence-electron chi connectivity index (χ1n) is 9.52. The quantitative estimate of drug-likeness (QED) is 0.540. The second-order valence-corrected chi connectivity index (χ2v) is 9.36. The van der Waals surface area contributed by atoms with Crippen LogP contribution < -0.4 is 4.74 Å². The van der Waals surface area contributed by atoms with E-state index >= 15 is 0 Å². The van der Waals surface area contributed by atoms with Crippen LogP contribution in [0.25, 0.3) is 0 Å². The molecule has 4 rings (SSSR count). The van der Waals surface area contributed by atoms with Gasteiger partial charge in [0.1, 0.15) is 5.75 Å². The van der Waals surface area contributed by atoms with Crippen molar-refractivity contribution in [2.75, 3.05) is 7.11 Å². The van der Waals surface area contributed by atoms with E-state index in [4.69, 9.17) is 17.4 Å². The summed E-state index contributed by atoms with van der Waals surface area (Å²) in [5.41, 5.74) is 3.50. The Morgan fingerprint density at radius 1 is 1.29 bits per heavy atom. The van der Waals surface area contributed by atoms with Gasteiger partial charge in [0.15, 0.2) is 0 Å². The highest BCUT2D eigenvalue weighted by Gasteiger charge is 2.59. The normalized spacial score (nSPS) is 40.4. The van der Waals surface area contributed by atoms with E-state index in [0.29, 0.717) is 5.41 Å². The van der Waals surface area contributed by atoms with Crippen molar-refractivity contribution in [1.82, 2.24) is 0 Å². The lowest BCUT2D eigenvalue weighted by atomic mass is 9.53. The van der Waals surface area contributed by atoms with Crippen molar-refractivity contribution in [3.63, 3.8) is 0 Å². The maximum absolute atomic E-state index is 5.44. The van der Waals surface area contributed by atoms with Gasteiger partial charge in [-0.15, -0.1) is 6.58 Å². The minimum atomic E-state index is 0.157. The molecule has 2 heteroatoms. The average Bonchev–Trinajstić information content (AvgIpc) is 2.86. The molecule has 0 aliphatic heterocycles. The van der Waals surface area contributed by atoms with Gasteiger partial charge >= 0.3 is 0 Å². The Morgan fingerprint density at radius 3 is 2.88 bits per heavy atom. The van der Waals surface area contributed by atoms with E-state index < -0.39 is 0 Å². The largest absolute Gasteiger partial charge is 0.497 e. The van der Waals surface area contributed by atoms with Crippen molar-refractivity contribution in [2.45, 2.75) is 62.5 Å². The van der Waals surface area contributed by atoms with E-state index in [2.05, 4.69) is 37.8 Å². The Kier molecular flexibility index (Phi) is 4.03. The Hall–Kier alpha value is -0.890. The number of rotatable bonds is 3. The molecule has 3 aliphatic carbocycles. The fourth-order valence-corrected chi connectivity index (χ4v) is 6.91. The van der Waals surface area contributed by atoms with Crippen LogP contribution in [-0.4, -0.2) is 11.9 Å². The fourth-order valence-electron chi connectivity index (χ4n) is 6.37. The van der Waals surface area contributed by atoms with Crippen LogP contribution in [-0.2, 0) is 6.42 Å². The van der Waals surface area contributed by atoms with Crippen molar-refractivity contribution in [3.8, 4) is 5.75 Å². The standard InChI is InChI=1S/C22H30OS/c1-4-11-22(24)13-10-20-19-7-5-15-14-16(23-3)6-8-17(15)18(19)9-12-21(20,22)2/h4,6,8,14,18-20,24H,1,5,7,9-13H2,2-3H3/t18-,19-,20+,21+,22+/m1/s1. The first-order chi connectivity index (χ1) is 11.5. The number of fused-ring (bicyclic) bond motifs is 5. The minimum Gasteiger partial charge on any atom is -0.497 e. The fraction of sp³-hybridized carbons (Fsp3) is 0.636. The maximum atomic E-state index is 5.44. The van der Waals surface area contributed by atoms with Crippen LogP contribution >= 0.6 is 12.6 Å². The van der Waals surface area contributed by atoms with Gasteiger partial charge in [-0.25, -0.2) is 0 Å². The zero-order valence-electron chi connectivity index (χ0n) is 15.1. The van der Waals surface area contributed by atoms with Crippen molar-refractivity contribution in [3.05, 3.63) is 42.0 Å². The predicted molar refractivity (Wildman–Crippen MR) is 104 cm³/mol. The van der Waals surface area contributed by atoms with Gasteiger partial charge in [0.05, 0.1) is 7.11 Å². The number of allylic oxidation sites excluding steroid dienone is 1. The van der Waals surface area contributed by atoms with E-state index in [9.17, 15) is 0 Å². The summed E-state index contributed by atoms with van der Waals surface area (Å²) < 4.78 is 5.59. The topological polar surface area (TPSA) is 9.23 Å². The molecular weight excluding hydrogens is 312 g/mol. The molecule has 1 aromatic carbocycles. The zero-order chi connectivity index (χ0) is 16.9. The predicted octanol–water partition coefficient (Wildman–Crippen LogP) is 5.80. The van der Waals surface area contributed by atoms with E-state index in [0.717, 1.165) is 29.9 Å². The van der Waals surface area contributed by atoms with Crippen LogP contribution in [0, 0.1) is 17.3 Å². The van der Waals surface area contributed by atoms with Crippen LogP contribution in [0.2, 0.25) is 0 Å². The van der Waals surface area contributed by atoms with Crippen molar-refractivity contribution >= 4 is 12.6 Å². The molecule has 0 bridgehead atoms. The Morgan fingerprint density at radius 2 is 2.12 bits per heavy atom. The van der Waals surface area contributed by atoms with Gasteiger partial charge in [0, 0.05) is 4.75 Å². The van der Waals surface area contributed by atoms with Crippen LogP contribution in [0.1, 0.15) is 62.5 Å². The number of methoxy groups -OCH3 is 1. The van der Waals surface area contributed by atoms with Gasteiger partial charge in [0.2, 0.25) is 0 Å². The third-order valence-corrected chi connectivity index (χ3v) is 8.65. The first-order valence-corrected chi connectivity index (χ1v) is 9.97. The lowest BCUT2D eigenvalue weighted by molar-refractivity contribution is 0.0413. The summed E-state index contributed by atoms with van der Waals surface area (Å²) in [7, 11) is 1.77. The van der Waals surface area contributed by atoms with Crippen LogP contribution in [0.4, 0.5) is 0 Å². The van der Waals surface area contributed by atoms with E-state index in [1.165, 1.54) is 44.1 Å². The molecule has 2 fully saturated rings. The molecule has 130 valence electrons. The smallest absolute Gasteiger partial charge is 0.119 e. The van der Waals surface area contributed by atoms with Crippen LogP contribution in [0.15, 0.2) is 30.9 Å². The van der Waals surface area contributed by atoms with Gasteiger partial charge in [-0.05, 0) is 91.4 Å². The number of thiol groups is 1. The molecule has 5 atom stereocenters. The van der Waals surface area contributed by atoms with Gasteiger partial charge in [0.25, 0.3) is 0 Å². The highest BCUT2D eigenvalue weighted by atomic mass is 32.1. The van der Waals surface area contributed by atoms with E-state index in [1.54, 1.807) is 12.7 Å².